The molecule has 0 N–H and O–H groups in total. The van der Waals surface area contributed by atoms with Crippen LogP contribution in [0, 0.1) is 13.8 Å². The lowest BCUT2D eigenvalue weighted by Crippen LogP contribution is -2.46. The summed E-state index contributed by atoms with van der Waals surface area (Å²) in [4.78, 5) is 13.0. The van der Waals surface area contributed by atoms with Crippen molar-refractivity contribution in [1.82, 2.24) is 20.0 Å². The van der Waals surface area contributed by atoms with E-state index in [1.807, 2.05) is 13.8 Å². The van der Waals surface area contributed by atoms with E-state index in [0.717, 1.165) is 62.6 Å². The first kappa shape index (κ1) is 17.3. The van der Waals surface area contributed by atoms with Crippen LogP contribution in [-0.2, 0) is 6.54 Å². The van der Waals surface area contributed by atoms with Crippen LogP contribution in [0.4, 0.5) is 14.6 Å². The molecular formula is C18H23F2N5O. The average Bonchev–Trinajstić information content (AvgIpc) is 3.44. The normalized spacial score (nSPS) is 18.7. The molecule has 0 atom stereocenters. The van der Waals surface area contributed by atoms with Crippen LogP contribution in [-0.4, -0.2) is 46.2 Å². The maximum absolute atomic E-state index is 13.2. The third-order valence-corrected chi connectivity index (χ3v) is 5.18. The number of piperazine rings is 1. The zero-order valence-electron chi connectivity index (χ0n) is 15.1. The summed E-state index contributed by atoms with van der Waals surface area (Å²) in [6, 6.07) is 1.44. The second-order valence-corrected chi connectivity index (χ2v) is 7.15. The lowest BCUT2D eigenvalue weighted by Gasteiger charge is -2.35. The predicted octanol–water partition coefficient (Wildman–Crippen LogP) is 3.22. The molecule has 2 aromatic heterocycles. The molecule has 2 aliphatic rings. The Bertz CT molecular complexity index is 742. The molecule has 140 valence electrons. The highest BCUT2D eigenvalue weighted by Crippen LogP contribution is 2.39. The van der Waals surface area contributed by atoms with E-state index >= 15 is 0 Å². The van der Waals surface area contributed by atoms with E-state index in [2.05, 4.69) is 24.9 Å². The maximum atomic E-state index is 13.2. The van der Waals surface area contributed by atoms with Crippen molar-refractivity contribution in [3.8, 4) is 0 Å². The van der Waals surface area contributed by atoms with E-state index in [-0.39, 0.29) is 11.6 Å². The summed E-state index contributed by atoms with van der Waals surface area (Å²) in [6.07, 6.45) is -0.565. The Morgan fingerprint density at radius 3 is 2.46 bits per heavy atom. The summed E-state index contributed by atoms with van der Waals surface area (Å²) >= 11 is 0. The molecule has 4 rings (SSSR count). The molecule has 0 radical (unpaired) electrons. The zero-order chi connectivity index (χ0) is 18.3. The minimum absolute atomic E-state index is 0.157. The number of alkyl halides is 2. The van der Waals surface area contributed by atoms with Crippen LogP contribution in [0.1, 0.15) is 53.7 Å². The molecule has 2 aromatic rings. The van der Waals surface area contributed by atoms with Crippen LogP contribution in [0.15, 0.2) is 10.6 Å². The number of anilines is 1. The van der Waals surface area contributed by atoms with Gasteiger partial charge in [0, 0.05) is 50.3 Å². The number of aromatic nitrogens is 3. The fraction of sp³-hybridized carbons (Fsp3) is 0.611. The maximum Gasteiger partial charge on any atom is 0.280 e. The molecule has 1 aliphatic heterocycles. The van der Waals surface area contributed by atoms with Crippen molar-refractivity contribution in [2.45, 2.75) is 45.6 Å². The molecule has 0 amide bonds. The molecule has 2 fully saturated rings. The minimum Gasteiger partial charge on any atom is -0.361 e. The Labute approximate surface area is 151 Å². The lowest BCUT2D eigenvalue weighted by molar-refractivity contribution is 0.145. The topological polar surface area (TPSA) is 58.3 Å². The highest BCUT2D eigenvalue weighted by atomic mass is 19.3. The Morgan fingerprint density at radius 1 is 1.15 bits per heavy atom. The molecule has 0 spiro atoms. The largest absolute Gasteiger partial charge is 0.361 e. The van der Waals surface area contributed by atoms with Gasteiger partial charge in [-0.3, -0.25) is 4.90 Å². The van der Waals surface area contributed by atoms with E-state index in [0.29, 0.717) is 11.6 Å². The third kappa shape index (κ3) is 3.56. The fourth-order valence-corrected chi connectivity index (χ4v) is 3.36. The number of aryl methyl sites for hydroxylation is 2. The van der Waals surface area contributed by atoms with E-state index in [9.17, 15) is 8.78 Å². The first-order valence-corrected chi connectivity index (χ1v) is 9.07. The van der Waals surface area contributed by atoms with Gasteiger partial charge < -0.3 is 9.42 Å². The molecule has 0 aromatic carbocycles. The summed E-state index contributed by atoms with van der Waals surface area (Å²) in [5, 5.41) is 4.00. The molecule has 3 heterocycles. The number of hydrogen-bond acceptors (Lipinski definition) is 6. The van der Waals surface area contributed by atoms with Crippen molar-refractivity contribution in [2.24, 2.45) is 0 Å². The summed E-state index contributed by atoms with van der Waals surface area (Å²) in [6.45, 7) is 7.88. The molecule has 0 unspecified atom stereocenters. The third-order valence-electron chi connectivity index (χ3n) is 5.18. The van der Waals surface area contributed by atoms with Crippen molar-refractivity contribution in [3.05, 3.63) is 34.6 Å². The van der Waals surface area contributed by atoms with Gasteiger partial charge in [0.2, 0.25) is 0 Å². The second-order valence-electron chi connectivity index (χ2n) is 7.15. The molecule has 8 heteroatoms. The minimum atomic E-state index is -2.56. The van der Waals surface area contributed by atoms with Crippen LogP contribution in [0.25, 0.3) is 0 Å². The average molecular weight is 363 g/mol. The molecule has 0 bridgehead atoms. The summed E-state index contributed by atoms with van der Waals surface area (Å²) in [5.41, 5.74) is 1.91. The summed E-state index contributed by atoms with van der Waals surface area (Å²) < 4.78 is 31.6. The summed E-state index contributed by atoms with van der Waals surface area (Å²) in [7, 11) is 0. The van der Waals surface area contributed by atoms with Gasteiger partial charge in [-0.15, -0.1) is 0 Å². The van der Waals surface area contributed by atoms with Crippen molar-refractivity contribution in [1.29, 1.82) is 0 Å². The Morgan fingerprint density at radius 2 is 1.88 bits per heavy atom. The summed E-state index contributed by atoms with van der Waals surface area (Å²) in [5.74, 6) is 2.33. The number of nitrogens with zero attached hydrogens (tertiary/aromatic N) is 5. The van der Waals surface area contributed by atoms with Gasteiger partial charge in [0.15, 0.2) is 0 Å². The first-order valence-electron chi connectivity index (χ1n) is 9.07. The van der Waals surface area contributed by atoms with Gasteiger partial charge >= 0.3 is 0 Å². The van der Waals surface area contributed by atoms with Gasteiger partial charge in [0.1, 0.15) is 23.1 Å². The van der Waals surface area contributed by atoms with Crippen molar-refractivity contribution in [3.63, 3.8) is 0 Å². The van der Waals surface area contributed by atoms with E-state index in [1.165, 1.54) is 6.07 Å². The lowest BCUT2D eigenvalue weighted by atomic mass is 10.2. The monoisotopic (exact) mass is 363 g/mol. The van der Waals surface area contributed by atoms with Crippen LogP contribution in [0.3, 0.4) is 0 Å². The van der Waals surface area contributed by atoms with Gasteiger partial charge in [-0.1, -0.05) is 5.16 Å². The van der Waals surface area contributed by atoms with Crippen molar-refractivity contribution in [2.75, 3.05) is 31.1 Å². The Kier molecular flexibility index (Phi) is 4.60. The molecule has 1 saturated heterocycles. The molecule has 1 aliphatic carbocycles. The van der Waals surface area contributed by atoms with Gasteiger partial charge in [0.05, 0.1) is 5.69 Å². The smallest absolute Gasteiger partial charge is 0.280 e. The number of hydrogen-bond donors (Lipinski definition) is 0. The first-order chi connectivity index (χ1) is 12.5. The second kappa shape index (κ2) is 6.90. The standard InChI is InChI=1S/C18H23F2N5O/c1-11-14(12(2)26-23-11)10-24-5-7-25(8-6-24)16-9-15(17(19)20)21-18(22-16)13-3-4-13/h9,13,17H,3-8,10H2,1-2H3. The number of rotatable bonds is 5. The number of halogens is 2. The molecular weight excluding hydrogens is 340 g/mol. The van der Waals surface area contributed by atoms with Crippen LogP contribution < -0.4 is 4.90 Å². The van der Waals surface area contributed by atoms with Crippen molar-refractivity contribution >= 4 is 5.82 Å². The van der Waals surface area contributed by atoms with Crippen LogP contribution in [0.2, 0.25) is 0 Å². The highest BCUT2D eigenvalue weighted by molar-refractivity contribution is 5.41. The fourth-order valence-electron chi connectivity index (χ4n) is 3.36. The zero-order valence-corrected chi connectivity index (χ0v) is 15.1. The molecule has 26 heavy (non-hydrogen) atoms. The Hall–Kier alpha value is -2.09. The van der Waals surface area contributed by atoms with E-state index in [4.69, 9.17) is 4.52 Å². The van der Waals surface area contributed by atoms with Gasteiger partial charge in [0.25, 0.3) is 6.43 Å². The van der Waals surface area contributed by atoms with E-state index < -0.39 is 6.43 Å². The quantitative estimate of drug-likeness (QED) is 0.813. The highest BCUT2D eigenvalue weighted by Gasteiger charge is 2.30. The predicted molar refractivity (Wildman–Crippen MR) is 92.4 cm³/mol. The van der Waals surface area contributed by atoms with Gasteiger partial charge in [-0.2, -0.15) is 0 Å². The SMILES string of the molecule is Cc1noc(C)c1CN1CCN(c2cc(C(F)F)nc(C3CC3)n2)CC1. The van der Waals surface area contributed by atoms with Gasteiger partial charge in [-0.25, -0.2) is 18.7 Å². The molecule has 1 saturated carbocycles. The van der Waals surface area contributed by atoms with Crippen LogP contribution in [0.5, 0.6) is 0 Å². The van der Waals surface area contributed by atoms with Crippen molar-refractivity contribution < 1.29 is 13.3 Å². The van der Waals surface area contributed by atoms with Crippen LogP contribution >= 0.6 is 0 Å². The van der Waals surface area contributed by atoms with E-state index in [1.54, 1.807) is 0 Å². The van der Waals surface area contributed by atoms with Gasteiger partial charge in [-0.05, 0) is 26.7 Å². The Balaban J connectivity index is 1.44. The molecule has 6 nitrogen and oxygen atoms in total.